The molecular weight excluding hydrogens is 516 g/mol. The van der Waals surface area contributed by atoms with Crippen molar-refractivity contribution in [1.29, 1.82) is 0 Å². The first-order valence-corrected chi connectivity index (χ1v) is 12.7. The van der Waals surface area contributed by atoms with E-state index in [-0.39, 0.29) is 51.9 Å². The smallest absolute Gasteiger partial charge is 0.272 e. The van der Waals surface area contributed by atoms with Gasteiger partial charge in [0.2, 0.25) is 5.91 Å². The number of halogens is 1. The highest BCUT2D eigenvalue weighted by Gasteiger charge is 2.30. The Labute approximate surface area is 233 Å². The summed E-state index contributed by atoms with van der Waals surface area (Å²) in [6.07, 6.45) is 1.60. The van der Waals surface area contributed by atoms with E-state index in [4.69, 9.17) is 4.74 Å². The molecule has 0 spiro atoms. The molecule has 0 atom stereocenters. The van der Waals surface area contributed by atoms with Crippen molar-refractivity contribution in [3.05, 3.63) is 41.5 Å². The molecule has 40 heavy (non-hydrogen) atoms. The number of aryl methyl sites for hydroxylation is 1. The molecular formula is C24H30B3FN8O4. The van der Waals surface area contributed by atoms with Crippen molar-refractivity contribution in [2.45, 2.75) is 18.1 Å². The number of carbonyl (C=O) groups is 3. The van der Waals surface area contributed by atoms with Crippen molar-refractivity contribution >= 4 is 58.5 Å². The van der Waals surface area contributed by atoms with E-state index in [1.165, 1.54) is 34.9 Å². The second-order valence-electron chi connectivity index (χ2n) is 10.9. The fraction of sp³-hybridized carbons (Fsp3) is 0.333. The van der Waals surface area contributed by atoms with Crippen LogP contribution in [0, 0.1) is 11.7 Å². The number of amides is 3. The van der Waals surface area contributed by atoms with Gasteiger partial charge in [0, 0.05) is 44.8 Å². The highest BCUT2D eigenvalue weighted by molar-refractivity contribution is 6.60. The molecule has 1 fully saturated rings. The molecule has 1 aliphatic carbocycles. The summed E-state index contributed by atoms with van der Waals surface area (Å²) in [5.41, 5.74) is 1.16. The Balaban J connectivity index is 1.78. The van der Waals surface area contributed by atoms with Gasteiger partial charge in [-0.1, -0.05) is 0 Å². The molecule has 2 heterocycles. The summed E-state index contributed by atoms with van der Waals surface area (Å²) in [4.78, 5) is 39.4. The molecule has 16 heteroatoms. The number of nitrogens with zero attached hydrogens (tertiary/aromatic N) is 5. The van der Waals surface area contributed by atoms with Gasteiger partial charge in [0.1, 0.15) is 35.0 Å². The van der Waals surface area contributed by atoms with Crippen LogP contribution in [0.1, 0.15) is 33.8 Å². The fourth-order valence-electron chi connectivity index (χ4n) is 3.96. The first-order chi connectivity index (χ1) is 18.8. The number of nitrogens with one attached hydrogen (secondary N) is 3. The minimum absolute atomic E-state index is 0.0658. The second kappa shape index (κ2) is 11.0. The second-order valence-corrected chi connectivity index (χ2v) is 10.9. The van der Waals surface area contributed by atoms with Crippen molar-refractivity contribution in [3.63, 3.8) is 0 Å². The maximum atomic E-state index is 15.0. The molecule has 1 aromatic carbocycles. The van der Waals surface area contributed by atoms with Crippen LogP contribution < -0.4 is 20.7 Å². The quantitative estimate of drug-likeness (QED) is 0.292. The number of ether oxygens (including phenoxy) is 1. The van der Waals surface area contributed by atoms with Crippen LogP contribution in [-0.4, -0.2) is 92.6 Å². The fourth-order valence-corrected chi connectivity index (χ4v) is 3.96. The van der Waals surface area contributed by atoms with Crippen LogP contribution in [0.3, 0.4) is 0 Å². The topological polar surface area (TPSA) is 143 Å². The van der Waals surface area contributed by atoms with Crippen molar-refractivity contribution in [2.24, 2.45) is 13.0 Å². The number of carbonyl (C=O) groups excluding carboxylic acids is 3. The van der Waals surface area contributed by atoms with E-state index >= 15 is 0 Å². The van der Waals surface area contributed by atoms with Crippen molar-refractivity contribution in [3.8, 4) is 17.0 Å². The highest BCUT2D eigenvalue weighted by atomic mass is 19.1. The molecule has 206 valence electrons. The standard InChI is InChI=1S/C24H30B3FN8O4/c1-35(2)23(39)17-9-14(34-36(17)3)13-7-12(28)8-16(20(13)40-4)29-15-10-18(30-21(37)11-5-6-11)32-33-19(15)22(38)31-24(25,26)27/h7-11H,5-6,25-27H2,1-4H3,(H,31,38)(H2,29,30,32,37). The molecule has 0 radical (unpaired) electrons. The lowest BCUT2D eigenvalue weighted by Gasteiger charge is -2.22. The summed E-state index contributed by atoms with van der Waals surface area (Å²) < 4.78 is 22.0. The predicted molar refractivity (Wildman–Crippen MR) is 156 cm³/mol. The van der Waals surface area contributed by atoms with E-state index in [1.54, 1.807) is 27.2 Å². The van der Waals surface area contributed by atoms with Crippen LogP contribution in [0.4, 0.5) is 21.6 Å². The minimum atomic E-state index is -0.616. The van der Waals surface area contributed by atoms with Gasteiger partial charge < -0.3 is 25.6 Å². The maximum Gasteiger partial charge on any atom is 0.272 e. The molecule has 0 aliphatic heterocycles. The zero-order valence-electron chi connectivity index (χ0n) is 23.5. The molecule has 1 aliphatic rings. The summed E-state index contributed by atoms with van der Waals surface area (Å²) in [5.74, 6) is -1.31. The van der Waals surface area contributed by atoms with E-state index in [0.717, 1.165) is 12.8 Å². The zero-order chi connectivity index (χ0) is 29.4. The molecule has 3 aromatic rings. The number of hydrogen-bond donors (Lipinski definition) is 3. The van der Waals surface area contributed by atoms with Crippen LogP contribution in [0.25, 0.3) is 11.3 Å². The molecule has 4 rings (SSSR count). The average Bonchev–Trinajstić information content (AvgIpc) is 3.64. The van der Waals surface area contributed by atoms with Gasteiger partial charge in [0.15, 0.2) is 17.3 Å². The Hall–Kier alpha value is -4.36. The molecule has 0 unspecified atom stereocenters. The Morgan fingerprint density at radius 2 is 1.80 bits per heavy atom. The third-order valence-corrected chi connectivity index (χ3v) is 6.01. The Bertz CT molecular complexity index is 1490. The number of aromatic nitrogens is 4. The maximum absolute atomic E-state index is 15.0. The van der Waals surface area contributed by atoms with Gasteiger partial charge in [-0.25, -0.2) is 4.39 Å². The summed E-state index contributed by atoms with van der Waals surface area (Å²) in [5, 5.41) is 20.5. The van der Waals surface area contributed by atoms with Gasteiger partial charge >= 0.3 is 0 Å². The van der Waals surface area contributed by atoms with Gasteiger partial charge in [0.05, 0.1) is 24.2 Å². The lowest BCUT2D eigenvalue weighted by atomic mass is 9.49. The van der Waals surface area contributed by atoms with Gasteiger partial charge in [0.25, 0.3) is 11.8 Å². The molecule has 0 saturated heterocycles. The van der Waals surface area contributed by atoms with E-state index in [1.807, 2.05) is 23.5 Å². The summed E-state index contributed by atoms with van der Waals surface area (Å²) in [6.45, 7) is 0. The Morgan fingerprint density at radius 3 is 2.40 bits per heavy atom. The zero-order valence-corrected chi connectivity index (χ0v) is 23.5. The van der Waals surface area contributed by atoms with Gasteiger partial charge in [-0.15, -0.1) is 10.2 Å². The molecule has 12 nitrogen and oxygen atoms in total. The third kappa shape index (κ3) is 6.43. The van der Waals surface area contributed by atoms with Crippen LogP contribution in [0.2, 0.25) is 0 Å². The molecule has 3 N–H and O–H groups in total. The Morgan fingerprint density at radius 1 is 1.10 bits per heavy atom. The van der Waals surface area contributed by atoms with Crippen LogP contribution >= 0.6 is 0 Å². The van der Waals surface area contributed by atoms with Crippen LogP contribution in [-0.2, 0) is 11.8 Å². The predicted octanol–water partition coefficient (Wildman–Crippen LogP) is -0.941. The SMILES string of the molecule is BC(B)(B)NC(=O)c1nnc(NC(=O)C2CC2)cc1Nc1cc(F)cc(-c2cc(C(=O)N(C)C)n(C)n2)c1OC. The third-order valence-electron chi connectivity index (χ3n) is 6.01. The number of hydrogen-bond acceptors (Lipinski definition) is 8. The van der Waals surface area contributed by atoms with Crippen LogP contribution in [0.15, 0.2) is 24.3 Å². The van der Waals surface area contributed by atoms with Crippen molar-refractivity contribution in [1.82, 2.24) is 30.2 Å². The number of benzene rings is 1. The lowest BCUT2D eigenvalue weighted by molar-refractivity contribution is -0.117. The van der Waals surface area contributed by atoms with Gasteiger partial charge in [-0.2, -0.15) is 5.10 Å². The molecule has 3 amide bonds. The molecule has 0 bridgehead atoms. The number of rotatable bonds is 9. The Kier molecular flexibility index (Phi) is 7.90. The molecule has 2 aromatic heterocycles. The van der Waals surface area contributed by atoms with E-state index in [0.29, 0.717) is 11.4 Å². The molecule has 1 saturated carbocycles. The normalized spacial score (nSPS) is 12.9. The average molecular weight is 546 g/mol. The largest absolute Gasteiger partial charge is 0.494 e. The number of methoxy groups -OCH3 is 1. The number of anilines is 3. The summed E-state index contributed by atoms with van der Waals surface area (Å²) >= 11 is 0. The van der Waals surface area contributed by atoms with E-state index in [2.05, 4.69) is 31.2 Å². The van der Waals surface area contributed by atoms with Crippen LogP contribution in [0.5, 0.6) is 5.75 Å². The van der Waals surface area contributed by atoms with E-state index < -0.39 is 17.0 Å². The van der Waals surface area contributed by atoms with Gasteiger partial charge in [-0.05, 0) is 30.2 Å². The summed E-state index contributed by atoms with van der Waals surface area (Å²) in [7, 11) is 11.7. The first-order valence-electron chi connectivity index (χ1n) is 12.7. The van der Waals surface area contributed by atoms with Crippen molar-refractivity contribution in [2.75, 3.05) is 31.8 Å². The van der Waals surface area contributed by atoms with E-state index in [9.17, 15) is 18.8 Å². The monoisotopic (exact) mass is 546 g/mol. The van der Waals surface area contributed by atoms with Crippen molar-refractivity contribution < 1.29 is 23.5 Å². The minimum Gasteiger partial charge on any atom is -0.494 e. The lowest BCUT2D eigenvalue weighted by Crippen LogP contribution is -2.50. The highest BCUT2D eigenvalue weighted by Crippen LogP contribution is 2.39. The first kappa shape index (κ1) is 28.6. The summed E-state index contributed by atoms with van der Waals surface area (Å²) in [6, 6.07) is 5.45. The van der Waals surface area contributed by atoms with Gasteiger partial charge in [-0.3, -0.25) is 19.1 Å².